The Morgan fingerprint density at radius 1 is 1.38 bits per heavy atom. The number of hydrogen-bond donors (Lipinski definition) is 2. The summed E-state index contributed by atoms with van der Waals surface area (Å²) in [6.45, 7) is 0.846. The van der Waals surface area contributed by atoms with Gasteiger partial charge in [-0.3, -0.25) is 4.79 Å². The first-order valence-electron chi connectivity index (χ1n) is 5.30. The van der Waals surface area contributed by atoms with Crippen LogP contribution < -0.4 is 11.1 Å². The predicted octanol–water partition coefficient (Wildman–Crippen LogP) is 0.640. The molecule has 1 unspecified atom stereocenters. The molecule has 3 heteroatoms. The van der Waals surface area contributed by atoms with Gasteiger partial charge in [-0.25, -0.2) is 0 Å². The molecule has 0 aliphatic heterocycles. The van der Waals surface area contributed by atoms with Gasteiger partial charge >= 0.3 is 0 Å². The first-order chi connectivity index (χ1) is 6.27. The number of amides is 1. The highest BCUT2D eigenvalue weighted by Gasteiger charge is 2.30. The van der Waals surface area contributed by atoms with Crippen molar-refractivity contribution in [1.29, 1.82) is 0 Å². The van der Waals surface area contributed by atoms with Gasteiger partial charge in [0.25, 0.3) is 0 Å². The summed E-state index contributed by atoms with van der Waals surface area (Å²) < 4.78 is 0. The quantitative estimate of drug-likeness (QED) is 0.670. The second-order valence-corrected chi connectivity index (χ2v) is 4.41. The molecule has 0 aromatic carbocycles. The molecule has 0 radical (unpaired) electrons. The van der Waals surface area contributed by atoms with Crippen LogP contribution in [0.15, 0.2) is 0 Å². The fraction of sp³-hybridized carbons (Fsp3) is 0.900. The Labute approximate surface area is 79.1 Å². The van der Waals surface area contributed by atoms with E-state index in [2.05, 4.69) is 5.32 Å². The molecule has 0 saturated heterocycles. The molecule has 0 aromatic rings. The lowest BCUT2D eigenvalue weighted by Crippen LogP contribution is -2.48. The van der Waals surface area contributed by atoms with Gasteiger partial charge in [0.15, 0.2) is 0 Å². The van der Waals surface area contributed by atoms with Crippen molar-refractivity contribution >= 4 is 5.91 Å². The van der Waals surface area contributed by atoms with Crippen molar-refractivity contribution in [2.75, 3.05) is 6.54 Å². The van der Waals surface area contributed by atoms with Crippen LogP contribution in [0, 0.1) is 11.8 Å². The number of nitrogens with one attached hydrogen (secondary N) is 1. The van der Waals surface area contributed by atoms with Crippen molar-refractivity contribution in [3.63, 3.8) is 0 Å². The van der Waals surface area contributed by atoms with E-state index in [1.165, 1.54) is 19.3 Å². The molecule has 1 atom stereocenters. The standard InChI is InChI=1S/C10H18N2O/c11-9(8-2-1-3-8)10(13)12-6-7-4-5-7/h7-9H,1-6,11H2,(H,12,13). The molecule has 2 fully saturated rings. The van der Waals surface area contributed by atoms with E-state index < -0.39 is 0 Å². The zero-order valence-corrected chi connectivity index (χ0v) is 7.96. The van der Waals surface area contributed by atoms with Gasteiger partial charge in [-0.2, -0.15) is 0 Å². The minimum Gasteiger partial charge on any atom is -0.354 e. The molecular formula is C10H18N2O. The Morgan fingerprint density at radius 3 is 2.54 bits per heavy atom. The normalized spacial score (nSPS) is 25.0. The highest BCUT2D eigenvalue weighted by Crippen LogP contribution is 2.29. The summed E-state index contributed by atoms with van der Waals surface area (Å²) in [5.74, 6) is 1.27. The number of carbonyl (C=O) groups excluding carboxylic acids is 1. The molecule has 2 rings (SSSR count). The van der Waals surface area contributed by atoms with E-state index in [4.69, 9.17) is 5.73 Å². The molecule has 3 N–H and O–H groups in total. The third-order valence-corrected chi connectivity index (χ3v) is 3.22. The maximum Gasteiger partial charge on any atom is 0.237 e. The van der Waals surface area contributed by atoms with Crippen molar-refractivity contribution in [3.05, 3.63) is 0 Å². The average molecular weight is 182 g/mol. The highest BCUT2D eigenvalue weighted by atomic mass is 16.2. The van der Waals surface area contributed by atoms with E-state index in [0.717, 1.165) is 25.3 Å². The molecule has 0 aromatic heterocycles. The van der Waals surface area contributed by atoms with Crippen LogP contribution in [0.4, 0.5) is 0 Å². The summed E-state index contributed by atoms with van der Waals surface area (Å²) in [5.41, 5.74) is 5.82. The van der Waals surface area contributed by atoms with E-state index in [-0.39, 0.29) is 11.9 Å². The molecular weight excluding hydrogens is 164 g/mol. The van der Waals surface area contributed by atoms with Crippen LogP contribution in [0.3, 0.4) is 0 Å². The number of nitrogens with two attached hydrogens (primary N) is 1. The van der Waals surface area contributed by atoms with E-state index in [1.54, 1.807) is 0 Å². The molecule has 2 aliphatic rings. The second kappa shape index (κ2) is 3.66. The Bertz CT molecular complexity index is 197. The summed E-state index contributed by atoms with van der Waals surface area (Å²) >= 11 is 0. The lowest BCUT2D eigenvalue weighted by molar-refractivity contribution is -0.124. The number of hydrogen-bond acceptors (Lipinski definition) is 2. The fourth-order valence-electron chi connectivity index (χ4n) is 1.70. The van der Waals surface area contributed by atoms with Gasteiger partial charge in [-0.15, -0.1) is 0 Å². The predicted molar refractivity (Wildman–Crippen MR) is 51.1 cm³/mol. The van der Waals surface area contributed by atoms with Gasteiger partial charge in [-0.05, 0) is 37.5 Å². The largest absolute Gasteiger partial charge is 0.354 e. The van der Waals surface area contributed by atoms with Gasteiger partial charge in [0.05, 0.1) is 6.04 Å². The van der Waals surface area contributed by atoms with Crippen molar-refractivity contribution in [2.24, 2.45) is 17.6 Å². The zero-order chi connectivity index (χ0) is 9.26. The van der Waals surface area contributed by atoms with Crippen LogP contribution in [0.25, 0.3) is 0 Å². The molecule has 0 spiro atoms. The maximum atomic E-state index is 11.5. The van der Waals surface area contributed by atoms with Gasteiger partial charge in [0, 0.05) is 6.54 Å². The van der Waals surface area contributed by atoms with Gasteiger partial charge in [-0.1, -0.05) is 6.42 Å². The lowest BCUT2D eigenvalue weighted by Gasteiger charge is -2.30. The molecule has 13 heavy (non-hydrogen) atoms. The topological polar surface area (TPSA) is 55.1 Å². The molecule has 3 nitrogen and oxygen atoms in total. The van der Waals surface area contributed by atoms with Crippen LogP contribution in [0.2, 0.25) is 0 Å². The van der Waals surface area contributed by atoms with Crippen molar-refractivity contribution < 1.29 is 4.79 Å². The molecule has 74 valence electrons. The molecule has 2 saturated carbocycles. The monoisotopic (exact) mass is 182 g/mol. The van der Waals surface area contributed by atoms with E-state index in [9.17, 15) is 4.79 Å². The smallest absolute Gasteiger partial charge is 0.237 e. The van der Waals surface area contributed by atoms with Crippen molar-refractivity contribution in [1.82, 2.24) is 5.32 Å². The average Bonchev–Trinajstić information content (AvgIpc) is 2.79. The van der Waals surface area contributed by atoms with E-state index in [0.29, 0.717) is 5.92 Å². The summed E-state index contributed by atoms with van der Waals surface area (Å²) in [6, 6.07) is -0.243. The number of carbonyl (C=O) groups is 1. The lowest BCUT2D eigenvalue weighted by atomic mass is 9.80. The minimum atomic E-state index is -0.243. The molecule has 1 amide bonds. The molecule has 0 bridgehead atoms. The summed E-state index contributed by atoms with van der Waals surface area (Å²) in [7, 11) is 0. The van der Waals surface area contributed by atoms with Crippen LogP contribution in [-0.4, -0.2) is 18.5 Å². The van der Waals surface area contributed by atoms with Gasteiger partial charge < -0.3 is 11.1 Å². The van der Waals surface area contributed by atoms with Crippen molar-refractivity contribution in [2.45, 2.75) is 38.1 Å². The molecule has 2 aliphatic carbocycles. The third-order valence-electron chi connectivity index (χ3n) is 3.22. The van der Waals surface area contributed by atoms with Gasteiger partial charge in [0.1, 0.15) is 0 Å². The van der Waals surface area contributed by atoms with E-state index >= 15 is 0 Å². The number of rotatable bonds is 4. The second-order valence-electron chi connectivity index (χ2n) is 4.41. The van der Waals surface area contributed by atoms with Crippen LogP contribution in [-0.2, 0) is 4.79 Å². The van der Waals surface area contributed by atoms with Crippen LogP contribution >= 0.6 is 0 Å². The summed E-state index contributed by atoms with van der Waals surface area (Å²) in [5, 5.41) is 2.93. The maximum absolute atomic E-state index is 11.5. The highest BCUT2D eigenvalue weighted by molar-refractivity contribution is 5.81. The Balaban J connectivity index is 1.67. The first-order valence-corrected chi connectivity index (χ1v) is 5.30. The van der Waals surface area contributed by atoms with Gasteiger partial charge in [0.2, 0.25) is 5.91 Å². The summed E-state index contributed by atoms with van der Waals surface area (Å²) in [4.78, 5) is 11.5. The third kappa shape index (κ3) is 2.21. The Morgan fingerprint density at radius 2 is 2.08 bits per heavy atom. The first kappa shape index (κ1) is 9.00. The van der Waals surface area contributed by atoms with Crippen LogP contribution in [0.1, 0.15) is 32.1 Å². The fourth-order valence-corrected chi connectivity index (χ4v) is 1.70. The van der Waals surface area contributed by atoms with E-state index in [1.807, 2.05) is 0 Å². The van der Waals surface area contributed by atoms with Crippen LogP contribution in [0.5, 0.6) is 0 Å². The zero-order valence-electron chi connectivity index (χ0n) is 7.96. The van der Waals surface area contributed by atoms with Crippen molar-refractivity contribution in [3.8, 4) is 0 Å². The minimum absolute atomic E-state index is 0.0663. The Kier molecular flexibility index (Phi) is 2.54. The molecule has 0 heterocycles. The SMILES string of the molecule is NC(C(=O)NCC1CC1)C1CCC1. The summed E-state index contributed by atoms with van der Waals surface area (Å²) in [6.07, 6.45) is 6.07. The Hall–Kier alpha value is -0.570.